The molecule has 0 atom stereocenters. The highest BCUT2D eigenvalue weighted by atomic mass is 16.5. The molecule has 4 amide bonds. The Hall–Kier alpha value is -3.61. The maximum absolute atomic E-state index is 13.1. The van der Waals surface area contributed by atoms with Gasteiger partial charge in [0.05, 0.1) is 18.9 Å². The number of imide groups is 2. The van der Waals surface area contributed by atoms with Crippen molar-refractivity contribution in [1.29, 1.82) is 0 Å². The molecule has 2 aromatic carbocycles. The van der Waals surface area contributed by atoms with Crippen molar-refractivity contribution >= 4 is 29.6 Å². The van der Waals surface area contributed by atoms with Gasteiger partial charge in [-0.25, -0.2) is 9.69 Å². The minimum absolute atomic E-state index is 0.138. The average molecular weight is 408 g/mol. The molecule has 1 saturated heterocycles. The summed E-state index contributed by atoms with van der Waals surface area (Å²) in [6.07, 6.45) is 1.44. The second-order valence-corrected chi connectivity index (χ2v) is 6.82. The summed E-state index contributed by atoms with van der Waals surface area (Å²) in [5.74, 6) is -0.326. The Morgan fingerprint density at radius 1 is 0.933 bits per heavy atom. The van der Waals surface area contributed by atoms with E-state index in [1.54, 1.807) is 24.3 Å². The molecule has 0 saturated carbocycles. The van der Waals surface area contributed by atoms with E-state index in [0.29, 0.717) is 36.0 Å². The van der Waals surface area contributed by atoms with E-state index in [0.717, 1.165) is 16.0 Å². The molecular formula is C23H24N2O5. The number of barbiturate groups is 1. The number of benzene rings is 2. The second kappa shape index (κ2) is 8.82. The molecule has 30 heavy (non-hydrogen) atoms. The van der Waals surface area contributed by atoms with Crippen molar-refractivity contribution in [3.63, 3.8) is 0 Å². The zero-order chi connectivity index (χ0) is 21.8. The Kier molecular flexibility index (Phi) is 6.20. The summed E-state index contributed by atoms with van der Waals surface area (Å²) in [7, 11) is 0. The number of ether oxygens (including phenoxy) is 2. The van der Waals surface area contributed by atoms with Gasteiger partial charge in [0.15, 0.2) is 11.5 Å². The van der Waals surface area contributed by atoms with Crippen molar-refractivity contribution in [2.45, 2.75) is 27.7 Å². The topological polar surface area (TPSA) is 84.9 Å². The largest absolute Gasteiger partial charge is 0.490 e. The molecule has 0 aromatic heterocycles. The fourth-order valence-corrected chi connectivity index (χ4v) is 3.26. The predicted molar refractivity (Wildman–Crippen MR) is 114 cm³/mol. The number of urea groups is 1. The van der Waals surface area contributed by atoms with Crippen LogP contribution in [0.5, 0.6) is 11.5 Å². The van der Waals surface area contributed by atoms with E-state index in [1.807, 2.05) is 39.8 Å². The summed E-state index contributed by atoms with van der Waals surface area (Å²) in [6, 6.07) is 9.74. The van der Waals surface area contributed by atoms with Gasteiger partial charge in [-0.3, -0.25) is 14.9 Å². The lowest BCUT2D eigenvalue weighted by Crippen LogP contribution is -2.54. The maximum Gasteiger partial charge on any atom is 0.335 e. The van der Waals surface area contributed by atoms with Gasteiger partial charge in [0.1, 0.15) is 5.57 Å². The van der Waals surface area contributed by atoms with E-state index < -0.39 is 17.8 Å². The third-order valence-corrected chi connectivity index (χ3v) is 4.57. The van der Waals surface area contributed by atoms with Gasteiger partial charge in [-0.2, -0.15) is 0 Å². The highest BCUT2D eigenvalue weighted by molar-refractivity contribution is 6.39. The van der Waals surface area contributed by atoms with Crippen LogP contribution in [0.15, 0.2) is 42.0 Å². The van der Waals surface area contributed by atoms with E-state index in [4.69, 9.17) is 9.47 Å². The lowest BCUT2D eigenvalue weighted by molar-refractivity contribution is -0.122. The first kappa shape index (κ1) is 21.1. The number of nitrogens with one attached hydrogen (secondary N) is 1. The minimum atomic E-state index is -0.768. The van der Waals surface area contributed by atoms with Crippen molar-refractivity contribution in [2.75, 3.05) is 18.1 Å². The molecular weight excluding hydrogens is 384 g/mol. The number of rotatable bonds is 6. The highest BCUT2D eigenvalue weighted by Gasteiger charge is 2.37. The van der Waals surface area contributed by atoms with Gasteiger partial charge in [0.2, 0.25) is 0 Å². The van der Waals surface area contributed by atoms with Crippen molar-refractivity contribution in [2.24, 2.45) is 0 Å². The van der Waals surface area contributed by atoms with Crippen LogP contribution in [0.1, 0.15) is 30.5 Å². The van der Waals surface area contributed by atoms with Gasteiger partial charge in [0.25, 0.3) is 11.8 Å². The van der Waals surface area contributed by atoms with Crippen LogP contribution in [0.3, 0.4) is 0 Å². The van der Waals surface area contributed by atoms with Crippen molar-refractivity contribution in [3.05, 3.63) is 58.7 Å². The average Bonchev–Trinajstić information content (AvgIpc) is 2.69. The molecule has 156 valence electrons. The summed E-state index contributed by atoms with van der Waals surface area (Å²) >= 11 is 0. The van der Waals surface area contributed by atoms with Gasteiger partial charge < -0.3 is 9.47 Å². The molecule has 1 fully saturated rings. The number of anilines is 1. The van der Waals surface area contributed by atoms with Gasteiger partial charge in [-0.05, 0) is 63.1 Å². The van der Waals surface area contributed by atoms with Crippen LogP contribution >= 0.6 is 0 Å². The standard InChI is InChI=1S/C23H24N2O5/c1-5-29-19-10-8-16(13-20(19)30-6-2)12-17-21(26)24-23(28)25(22(17)27)18-9-7-14(3)11-15(18)4/h7-13H,5-6H2,1-4H3,(H,24,26,28)/b17-12+. The van der Waals surface area contributed by atoms with Gasteiger partial charge in [-0.15, -0.1) is 0 Å². The third kappa shape index (κ3) is 4.20. The molecule has 1 heterocycles. The molecule has 1 aliphatic heterocycles. The van der Waals surface area contributed by atoms with Crippen LogP contribution < -0.4 is 19.7 Å². The summed E-state index contributed by atoms with van der Waals surface area (Å²) in [5, 5.41) is 2.24. The number of amides is 4. The van der Waals surface area contributed by atoms with Gasteiger partial charge in [-0.1, -0.05) is 23.8 Å². The molecule has 7 heteroatoms. The fraction of sp³-hybridized carbons (Fsp3) is 0.261. The lowest BCUT2D eigenvalue weighted by Gasteiger charge is -2.27. The van der Waals surface area contributed by atoms with Crippen molar-refractivity contribution in [3.8, 4) is 11.5 Å². The van der Waals surface area contributed by atoms with Crippen molar-refractivity contribution in [1.82, 2.24) is 5.32 Å². The van der Waals surface area contributed by atoms with E-state index in [2.05, 4.69) is 5.32 Å². The van der Waals surface area contributed by atoms with Crippen LogP contribution in [-0.4, -0.2) is 31.1 Å². The number of aryl methyl sites for hydroxylation is 2. The van der Waals surface area contributed by atoms with E-state index in [1.165, 1.54) is 6.08 Å². The van der Waals surface area contributed by atoms with Crippen LogP contribution in [0.25, 0.3) is 6.08 Å². The minimum Gasteiger partial charge on any atom is -0.490 e. The normalized spacial score (nSPS) is 15.4. The third-order valence-electron chi connectivity index (χ3n) is 4.57. The molecule has 0 bridgehead atoms. The smallest absolute Gasteiger partial charge is 0.335 e. The van der Waals surface area contributed by atoms with Crippen LogP contribution in [0.2, 0.25) is 0 Å². The zero-order valence-electron chi connectivity index (χ0n) is 17.4. The fourth-order valence-electron chi connectivity index (χ4n) is 3.26. The van der Waals surface area contributed by atoms with Gasteiger partial charge in [0, 0.05) is 0 Å². The van der Waals surface area contributed by atoms with Crippen LogP contribution in [0.4, 0.5) is 10.5 Å². The molecule has 2 aromatic rings. The molecule has 1 aliphatic rings. The molecule has 7 nitrogen and oxygen atoms in total. The Morgan fingerprint density at radius 3 is 2.30 bits per heavy atom. The molecule has 0 aliphatic carbocycles. The maximum atomic E-state index is 13.1. The van der Waals surface area contributed by atoms with E-state index in [9.17, 15) is 14.4 Å². The Bertz CT molecular complexity index is 1040. The number of carbonyl (C=O) groups is 3. The van der Waals surface area contributed by atoms with Crippen LogP contribution in [-0.2, 0) is 9.59 Å². The van der Waals surface area contributed by atoms with Gasteiger partial charge >= 0.3 is 6.03 Å². The van der Waals surface area contributed by atoms with Crippen molar-refractivity contribution < 1.29 is 23.9 Å². The number of hydrogen-bond donors (Lipinski definition) is 1. The van der Waals surface area contributed by atoms with E-state index in [-0.39, 0.29) is 5.57 Å². The monoisotopic (exact) mass is 408 g/mol. The first-order valence-corrected chi connectivity index (χ1v) is 9.74. The molecule has 0 spiro atoms. The molecule has 3 rings (SSSR count). The molecule has 0 radical (unpaired) electrons. The summed E-state index contributed by atoms with van der Waals surface area (Å²) in [4.78, 5) is 38.9. The first-order valence-electron chi connectivity index (χ1n) is 9.74. The van der Waals surface area contributed by atoms with E-state index >= 15 is 0 Å². The number of carbonyl (C=O) groups excluding carboxylic acids is 3. The predicted octanol–water partition coefficient (Wildman–Crippen LogP) is 3.77. The summed E-state index contributed by atoms with van der Waals surface area (Å²) in [5.41, 5.74) is 2.64. The molecule has 0 unspecified atom stereocenters. The number of nitrogens with zero attached hydrogens (tertiary/aromatic N) is 1. The Labute approximate surface area is 175 Å². The zero-order valence-corrected chi connectivity index (χ0v) is 17.4. The Morgan fingerprint density at radius 2 is 1.63 bits per heavy atom. The summed E-state index contributed by atoms with van der Waals surface area (Å²) in [6.45, 7) is 8.37. The lowest BCUT2D eigenvalue weighted by atomic mass is 10.0. The Balaban J connectivity index is 2.01. The second-order valence-electron chi connectivity index (χ2n) is 6.82. The number of hydrogen-bond acceptors (Lipinski definition) is 5. The SMILES string of the molecule is CCOc1ccc(/C=C2\C(=O)NC(=O)N(c3ccc(C)cc3C)C2=O)cc1OCC. The quantitative estimate of drug-likeness (QED) is 0.581. The first-order chi connectivity index (χ1) is 14.3. The summed E-state index contributed by atoms with van der Waals surface area (Å²) < 4.78 is 11.1. The van der Waals surface area contributed by atoms with Crippen LogP contribution in [0, 0.1) is 13.8 Å². The highest BCUT2D eigenvalue weighted by Crippen LogP contribution is 2.30. The molecule has 1 N–H and O–H groups in total.